The molecule has 0 spiro atoms. The Morgan fingerprint density at radius 3 is 2.33 bits per heavy atom. The number of aromatic nitrogens is 2. The van der Waals surface area contributed by atoms with E-state index in [1.165, 1.54) is 0 Å². The van der Waals surface area contributed by atoms with Crippen LogP contribution in [0.15, 0.2) is 28.8 Å². The third-order valence-electron chi connectivity index (χ3n) is 3.15. The molecule has 2 aromatic rings. The molecule has 0 aliphatic carbocycles. The summed E-state index contributed by atoms with van der Waals surface area (Å²) < 4.78 is 52.4. The molecule has 146 valence electrons. The normalized spacial score (nSPS) is 12.1. The Balaban J connectivity index is 2.21. The highest BCUT2D eigenvalue weighted by atomic mass is 35.5. The van der Waals surface area contributed by atoms with Gasteiger partial charge in [-0.2, -0.15) is 13.8 Å². The van der Waals surface area contributed by atoms with Gasteiger partial charge in [-0.25, -0.2) is 9.18 Å². The van der Waals surface area contributed by atoms with Crippen LogP contribution in [0.3, 0.4) is 0 Å². The fourth-order valence-electron chi connectivity index (χ4n) is 1.93. The van der Waals surface area contributed by atoms with Crippen molar-refractivity contribution in [1.29, 1.82) is 0 Å². The second-order valence-electron chi connectivity index (χ2n) is 6.62. The van der Waals surface area contributed by atoms with Crippen molar-refractivity contribution in [3.8, 4) is 0 Å². The zero-order chi connectivity index (χ0) is 20.6. The first-order chi connectivity index (χ1) is 12.3. The quantitative estimate of drug-likeness (QED) is 0.381. The molecule has 2 rings (SSSR count). The van der Waals surface area contributed by atoms with E-state index in [-0.39, 0.29) is 17.9 Å². The van der Waals surface area contributed by atoms with E-state index in [1.807, 2.05) is 0 Å². The minimum Gasteiger partial charge on any atom is -0.457 e. The molecule has 5 nitrogen and oxygen atoms in total. The molecule has 10 heteroatoms. The van der Waals surface area contributed by atoms with Crippen molar-refractivity contribution in [3.05, 3.63) is 57.4 Å². The monoisotopic (exact) mass is 422 g/mol. The van der Waals surface area contributed by atoms with Crippen LogP contribution in [-0.2, 0) is 21.9 Å². The number of alkyl halides is 2. The zero-order valence-corrected chi connectivity index (χ0v) is 16.1. The lowest BCUT2D eigenvalue weighted by Crippen LogP contribution is -2.25. The van der Waals surface area contributed by atoms with Crippen molar-refractivity contribution >= 4 is 29.2 Å². The number of benzene rings is 1. The average molecular weight is 423 g/mol. The lowest BCUT2D eigenvalue weighted by atomic mass is 10.1. The number of hydrogen-bond acceptors (Lipinski definition) is 5. The fourth-order valence-corrected chi connectivity index (χ4v) is 2.41. The lowest BCUT2D eigenvalue weighted by molar-refractivity contribution is -0.150. The summed E-state index contributed by atoms with van der Waals surface area (Å²) in [7, 11) is 0. The van der Waals surface area contributed by atoms with Crippen molar-refractivity contribution in [1.82, 2.24) is 10.1 Å². The van der Waals surface area contributed by atoms with Gasteiger partial charge in [0.05, 0.1) is 16.5 Å². The van der Waals surface area contributed by atoms with Gasteiger partial charge in [0, 0.05) is 11.1 Å². The van der Waals surface area contributed by atoms with Crippen LogP contribution in [0.5, 0.6) is 0 Å². The van der Waals surface area contributed by atoms with Gasteiger partial charge in [-0.1, -0.05) is 34.9 Å². The van der Waals surface area contributed by atoms with E-state index in [0.717, 1.165) is 12.1 Å². The fraction of sp³-hybridized carbons (Fsp3) is 0.353. The Morgan fingerprint density at radius 2 is 1.81 bits per heavy atom. The van der Waals surface area contributed by atoms with E-state index >= 15 is 0 Å². The first-order valence-electron chi connectivity index (χ1n) is 7.58. The van der Waals surface area contributed by atoms with Crippen LogP contribution >= 0.6 is 23.2 Å². The van der Waals surface area contributed by atoms with Gasteiger partial charge in [-0.05, 0) is 32.9 Å². The Kier molecular flexibility index (Phi) is 5.91. The molecule has 0 N–H and O–H groups in total. The van der Waals surface area contributed by atoms with Crippen LogP contribution < -0.4 is 0 Å². The largest absolute Gasteiger partial charge is 0.457 e. The second kappa shape index (κ2) is 7.52. The van der Waals surface area contributed by atoms with Crippen LogP contribution in [0.2, 0.25) is 10.0 Å². The van der Waals surface area contributed by atoms with Gasteiger partial charge in [0.25, 0.3) is 0 Å². The molecule has 0 aliphatic rings. The van der Waals surface area contributed by atoms with Gasteiger partial charge in [0.1, 0.15) is 5.60 Å². The molecule has 0 amide bonds. The molecule has 0 bridgehead atoms. The number of rotatable bonds is 5. The first kappa shape index (κ1) is 21.2. The van der Waals surface area contributed by atoms with Crippen molar-refractivity contribution in [2.45, 2.75) is 38.7 Å². The third kappa shape index (κ3) is 5.01. The summed E-state index contributed by atoms with van der Waals surface area (Å²) in [6.07, 6.45) is -0.275. The highest BCUT2D eigenvalue weighted by molar-refractivity contribution is 6.35. The van der Waals surface area contributed by atoms with E-state index in [1.54, 1.807) is 20.8 Å². The van der Waals surface area contributed by atoms with Crippen molar-refractivity contribution in [2.24, 2.45) is 0 Å². The van der Waals surface area contributed by atoms with Gasteiger partial charge in [0.15, 0.2) is 5.82 Å². The Morgan fingerprint density at radius 1 is 1.26 bits per heavy atom. The van der Waals surface area contributed by atoms with Crippen molar-refractivity contribution in [2.75, 3.05) is 0 Å². The summed E-state index contributed by atoms with van der Waals surface area (Å²) in [5, 5.41) is 2.08. The molecule has 0 aliphatic heterocycles. The number of hydrogen-bond donors (Lipinski definition) is 0. The van der Waals surface area contributed by atoms with Crippen molar-refractivity contribution in [3.63, 3.8) is 0 Å². The molecule has 1 aromatic heterocycles. The summed E-state index contributed by atoms with van der Waals surface area (Å²) in [6, 6.07) is 1.44. The molecule has 27 heavy (non-hydrogen) atoms. The van der Waals surface area contributed by atoms with Crippen LogP contribution in [0, 0.1) is 5.82 Å². The van der Waals surface area contributed by atoms with Gasteiger partial charge in [0.2, 0.25) is 11.7 Å². The lowest BCUT2D eigenvalue weighted by Gasteiger charge is -2.19. The van der Waals surface area contributed by atoms with Gasteiger partial charge in [-0.15, -0.1) is 0 Å². The summed E-state index contributed by atoms with van der Waals surface area (Å²) in [4.78, 5) is 15.5. The van der Waals surface area contributed by atoms with Crippen LogP contribution in [0.1, 0.15) is 38.0 Å². The number of carbonyl (C=O) groups excluding carboxylic acids is 1. The highest BCUT2D eigenvalue weighted by Crippen LogP contribution is 2.37. The smallest absolute Gasteiger partial charge is 0.335 e. The molecule has 0 saturated carbocycles. The zero-order valence-electron chi connectivity index (χ0n) is 14.6. The Bertz CT molecular complexity index is 869. The third-order valence-corrected chi connectivity index (χ3v) is 3.70. The standard InChI is InChI=1S/C17H15Cl2F3N2O3/c1-8(14(25)26-16(2,3)4)5-12-23-15(24-27-12)17(21,22)9-6-10(18)13(20)11(19)7-9/h6-7H,1,5H2,2-4H3. The molecule has 1 heterocycles. The highest BCUT2D eigenvalue weighted by Gasteiger charge is 2.40. The van der Waals surface area contributed by atoms with E-state index in [0.29, 0.717) is 0 Å². The van der Waals surface area contributed by atoms with Gasteiger partial charge < -0.3 is 9.26 Å². The van der Waals surface area contributed by atoms with E-state index in [9.17, 15) is 18.0 Å². The molecular formula is C17H15Cl2F3N2O3. The molecule has 0 saturated heterocycles. The van der Waals surface area contributed by atoms with Crippen molar-refractivity contribution < 1.29 is 27.2 Å². The second-order valence-corrected chi connectivity index (χ2v) is 7.44. The average Bonchev–Trinajstić information content (AvgIpc) is 2.99. The molecule has 0 radical (unpaired) electrons. The summed E-state index contributed by atoms with van der Waals surface area (Å²) in [5.41, 5.74) is -1.50. The maximum Gasteiger partial charge on any atom is 0.335 e. The molecular weight excluding hydrogens is 408 g/mol. The summed E-state index contributed by atoms with van der Waals surface area (Å²) in [6.45, 7) is 8.54. The Labute approximate surface area is 163 Å². The maximum atomic E-state index is 14.6. The minimum atomic E-state index is -3.75. The number of nitrogens with zero attached hydrogens (tertiary/aromatic N) is 2. The van der Waals surface area contributed by atoms with E-state index < -0.39 is 44.7 Å². The van der Waals surface area contributed by atoms with Crippen LogP contribution in [0.4, 0.5) is 13.2 Å². The van der Waals surface area contributed by atoms with E-state index in [2.05, 4.69) is 16.7 Å². The SMILES string of the molecule is C=C(Cc1nc(C(F)(F)c2cc(Cl)c(F)c(Cl)c2)no1)C(=O)OC(C)(C)C. The number of carbonyl (C=O) groups is 1. The number of ether oxygens (including phenoxy) is 1. The summed E-state index contributed by atoms with van der Waals surface area (Å²) in [5.74, 6) is -6.74. The first-order valence-corrected chi connectivity index (χ1v) is 8.34. The predicted molar refractivity (Wildman–Crippen MR) is 92.4 cm³/mol. The summed E-state index contributed by atoms with van der Waals surface area (Å²) >= 11 is 11.1. The van der Waals surface area contributed by atoms with Gasteiger partial charge >= 0.3 is 11.9 Å². The van der Waals surface area contributed by atoms with Crippen LogP contribution in [-0.4, -0.2) is 21.7 Å². The molecule has 0 atom stereocenters. The molecule has 1 aromatic carbocycles. The Hall–Kier alpha value is -2.06. The molecule has 0 fully saturated rings. The molecule has 0 unspecified atom stereocenters. The van der Waals surface area contributed by atoms with Gasteiger partial charge in [-0.3, -0.25) is 0 Å². The maximum absolute atomic E-state index is 14.6. The van der Waals surface area contributed by atoms with E-state index in [4.69, 9.17) is 32.5 Å². The number of esters is 1. The van der Waals surface area contributed by atoms with Crippen LogP contribution in [0.25, 0.3) is 0 Å². The minimum absolute atomic E-state index is 0.0451. The topological polar surface area (TPSA) is 65.2 Å². The number of halogens is 5. The predicted octanol–water partition coefficient (Wildman–Crippen LogP) is 5.10.